The van der Waals surface area contributed by atoms with Crippen molar-refractivity contribution in [2.45, 2.75) is 6.18 Å². The highest BCUT2D eigenvalue weighted by atomic mass is 79.9. The van der Waals surface area contributed by atoms with Crippen LogP contribution in [0.2, 0.25) is 0 Å². The monoisotopic (exact) mass is 344 g/mol. The molecule has 0 fully saturated rings. The maximum Gasteiger partial charge on any atom is 0.416 e. The molecule has 0 saturated heterocycles. The molecule has 0 unspecified atom stereocenters. The zero-order valence-electron chi connectivity index (χ0n) is 9.91. The molecular weight excluding hydrogens is 337 g/mol. The van der Waals surface area contributed by atoms with Crippen LogP contribution >= 0.6 is 15.9 Å². The standard InChI is InChI=1S/C13H8BrF3N2O/c14-10-5-4-8(13(15,16)17)7-9(10)12(20)19-11-3-1-2-6-18-11/h1-7H,(H,18,19,20). The molecule has 104 valence electrons. The Morgan fingerprint density at radius 3 is 2.55 bits per heavy atom. The number of carbonyl (C=O) groups excluding carboxylic acids is 1. The Bertz CT molecular complexity index is 629. The molecule has 7 heteroatoms. The van der Waals surface area contributed by atoms with Crippen molar-refractivity contribution < 1.29 is 18.0 Å². The molecule has 0 aliphatic carbocycles. The van der Waals surface area contributed by atoms with E-state index in [1.165, 1.54) is 12.3 Å². The second-order valence-electron chi connectivity index (χ2n) is 3.86. The van der Waals surface area contributed by atoms with Crippen LogP contribution in [0.3, 0.4) is 0 Å². The number of hydrogen-bond donors (Lipinski definition) is 1. The minimum Gasteiger partial charge on any atom is -0.307 e. The minimum atomic E-state index is -4.50. The van der Waals surface area contributed by atoms with Crippen molar-refractivity contribution >= 4 is 27.7 Å². The van der Waals surface area contributed by atoms with Gasteiger partial charge in [0.2, 0.25) is 0 Å². The van der Waals surface area contributed by atoms with Gasteiger partial charge < -0.3 is 5.32 Å². The average molecular weight is 345 g/mol. The molecule has 0 aliphatic rings. The van der Waals surface area contributed by atoms with Crippen molar-refractivity contribution in [1.29, 1.82) is 0 Å². The SMILES string of the molecule is O=C(Nc1ccccn1)c1cc(C(F)(F)F)ccc1Br. The van der Waals surface area contributed by atoms with Crippen LogP contribution in [0.4, 0.5) is 19.0 Å². The lowest BCUT2D eigenvalue weighted by Gasteiger charge is -2.10. The molecule has 1 aromatic heterocycles. The fourth-order valence-corrected chi connectivity index (χ4v) is 1.92. The van der Waals surface area contributed by atoms with Crippen LogP contribution in [0.15, 0.2) is 47.1 Å². The molecule has 0 aliphatic heterocycles. The van der Waals surface area contributed by atoms with Crippen molar-refractivity contribution in [3.8, 4) is 0 Å². The highest BCUT2D eigenvalue weighted by molar-refractivity contribution is 9.10. The van der Waals surface area contributed by atoms with Gasteiger partial charge in [0.15, 0.2) is 0 Å². The smallest absolute Gasteiger partial charge is 0.307 e. The lowest BCUT2D eigenvalue weighted by molar-refractivity contribution is -0.137. The lowest BCUT2D eigenvalue weighted by Crippen LogP contribution is -2.15. The van der Waals surface area contributed by atoms with Gasteiger partial charge in [-0.3, -0.25) is 4.79 Å². The van der Waals surface area contributed by atoms with Gasteiger partial charge in [-0.1, -0.05) is 6.07 Å². The maximum absolute atomic E-state index is 12.6. The third-order valence-electron chi connectivity index (χ3n) is 2.44. The van der Waals surface area contributed by atoms with Crippen LogP contribution in [0, 0.1) is 0 Å². The summed E-state index contributed by atoms with van der Waals surface area (Å²) >= 11 is 3.06. The predicted octanol–water partition coefficient (Wildman–Crippen LogP) is 4.12. The molecule has 3 nitrogen and oxygen atoms in total. The van der Waals surface area contributed by atoms with Gasteiger partial charge in [0, 0.05) is 10.7 Å². The summed E-state index contributed by atoms with van der Waals surface area (Å²) in [4.78, 5) is 15.8. The average Bonchev–Trinajstić information content (AvgIpc) is 2.39. The summed E-state index contributed by atoms with van der Waals surface area (Å²) in [5.74, 6) is -0.400. The quantitative estimate of drug-likeness (QED) is 0.890. The van der Waals surface area contributed by atoms with Crippen molar-refractivity contribution in [2.75, 3.05) is 5.32 Å². The maximum atomic E-state index is 12.6. The van der Waals surface area contributed by atoms with Crippen LogP contribution in [-0.2, 0) is 6.18 Å². The second-order valence-corrected chi connectivity index (χ2v) is 4.72. The summed E-state index contributed by atoms with van der Waals surface area (Å²) in [7, 11) is 0. The van der Waals surface area contributed by atoms with E-state index >= 15 is 0 Å². The van der Waals surface area contributed by atoms with Crippen molar-refractivity contribution in [3.63, 3.8) is 0 Å². The first-order valence-corrected chi connectivity index (χ1v) is 6.26. The van der Waals surface area contributed by atoms with Crippen molar-refractivity contribution in [2.24, 2.45) is 0 Å². The lowest BCUT2D eigenvalue weighted by atomic mass is 10.1. The van der Waals surface area contributed by atoms with E-state index in [0.717, 1.165) is 12.1 Å². The van der Waals surface area contributed by atoms with E-state index in [1.54, 1.807) is 18.2 Å². The number of alkyl halides is 3. The number of anilines is 1. The van der Waals surface area contributed by atoms with E-state index in [1.807, 2.05) is 0 Å². The molecule has 1 aromatic carbocycles. The normalized spacial score (nSPS) is 11.2. The van der Waals surface area contributed by atoms with Crippen LogP contribution in [-0.4, -0.2) is 10.9 Å². The molecule has 1 N–H and O–H groups in total. The molecule has 0 atom stereocenters. The topological polar surface area (TPSA) is 42.0 Å². The molecule has 20 heavy (non-hydrogen) atoms. The van der Waals surface area contributed by atoms with Gasteiger partial charge in [-0.25, -0.2) is 4.98 Å². The highest BCUT2D eigenvalue weighted by Gasteiger charge is 2.31. The van der Waals surface area contributed by atoms with E-state index < -0.39 is 17.6 Å². The summed E-state index contributed by atoms with van der Waals surface area (Å²) < 4.78 is 38.2. The summed E-state index contributed by atoms with van der Waals surface area (Å²) in [6, 6.07) is 7.75. The van der Waals surface area contributed by atoms with Gasteiger partial charge in [-0.15, -0.1) is 0 Å². The number of carbonyl (C=O) groups is 1. The number of halogens is 4. The highest BCUT2D eigenvalue weighted by Crippen LogP contribution is 2.32. The fourth-order valence-electron chi connectivity index (χ4n) is 1.50. The first kappa shape index (κ1) is 14.5. The van der Waals surface area contributed by atoms with Gasteiger partial charge in [0.05, 0.1) is 11.1 Å². The van der Waals surface area contributed by atoms with Crippen LogP contribution in [0.1, 0.15) is 15.9 Å². The number of pyridine rings is 1. The molecular formula is C13H8BrF3N2O. The van der Waals surface area contributed by atoms with Crippen LogP contribution in [0.25, 0.3) is 0 Å². The zero-order chi connectivity index (χ0) is 14.8. The summed E-state index contributed by atoms with van der Waals surface area (Å²) in [6.45, 7) is 0. The van der Waals surface area contributed by atoms with Gasteiger partial charge in [0.1, 0.15) is 5.82 Å². The van der Waals surface area contributed by atoms with Crippen LogP contribution < -0.4 is 5.32 Å². The van der Waals surface area contributed by atoms with Gasteiger partial charge in [-0.2, -0.15) is 13.2 Å². The Hall–Kier alpha value is -1.89. The molecule has 0 radical (unpaired) electrons. The molecule has 1 heterocycles. The van der Waals surface area contributed by atoms with Crippen LogP contribution in [0.5, 0.6) is 0 Å². The number of amides is 1. The van der Waals surface area contributed by atoms with Gasteiger partial charge in [0.25, 0.3) is 5.91 Å². The summed E-state index contributed by atoms with van der Waals surface area (Å²) in [5, 5.41) is 2.43. The number of nitrogens with zero attached hydrogens (tertiary/aromatic N) is 1. The number of hydrogen-bond acceptors (Lipinski definition) is 2. The molecule has 1 amide bonds. The van der Waals surface area contributed by atoms with E-state index in [2.05, 4.69) is 26.2 Å². The third kappa shape index (κ3) is 3.36. The number of rotatable bonds is 2. The Balaban J connectivity index is 2.30. The Morgan fingerprint density at radius 2 is 1.95 bits per heavy atom. The Morgan fingerprint density at radius 1 is 1.20 bits per heavy atom. The molecule has 0 saturated carbocycles. The van der Waals surface area contributed by atoms with E-state index in [-0.39, 0.29) is 15.9 Å². The Kier molecular flexibility index (Phi) is 4.08. The van der Waals surface area contributed by atoms with E-state index in [9.17, 15) is 18.0 Å². The third-order valence-corrected chi connectivity index (χ3v) is 3.14. The number of benzene rings is 1. The van der Waals surface area contributed by atoms with Gasteiger partial charge in [-0.05, 0) is 46.3 Å². The van der Waals surface area contributed by atoms with E-state index in [0.29, 0.717) is 0 Å². The molecule has 2 aromatic rings. The fraction of sp³-hybridized carbons (Fsp3) is 0.0769. The summed E-state index contributed by atoms with van der Waals surface area (Å²) in [6.07, 6.45) is -3.03. The molecule has 0 bridgehead atoms. The van der Waals surface area contributed by atoms with Crippen molar-refractivity contribution in [1.82, 2.24) is 4.98 Å². The van der Waals surface area contributed by atoms with Gasteiger partial charge >= 0.3 is 6.18 Å². The second kappa shape index (κ2) is 5.62. The van der Waals surface area contributed by atoms with E-state index in [4.69, 9.17) is 0 Å². The first-order valence-electron chi connectivity index (χ1n) is 5.47. The molecule has 2 rings (SSSR count). The first-order chi connectivity index (χ1) is 9.38. The number of nitrogens with one attached hydrogen (secondary N) is 1. The Labute approximate surface area is 121 Å². The molecule has 0 spiro atoms. The largest absolute Gasteiger partial charge is 0.416 e. The predicted molar refractivity (Wildman–Crippen MR) is 71.3 cm³/mol. The zero-order valence-corrected chi connectivity index (χ0v) is 11.5. The number of aromatic nitrogens is 1. The van der Waals surface area contributed by atoms with Crippen molar-refractivity contribution in [3.05, 3.63) is 58.2 Å². The summed E-state index contributed by atoms with van der Waals surface area (Å²) in [5.41, 5.74) is -0.989. The minimum absolute atomic E-state index is 0.106.